The lowest BCUT2D eigenvalue weighted by molar-refractivity contribution is 0.0591. The number of rotatable bonds is 6. The molecule has 6 heteroatoms. The lowest BCUT2D eigenvalue weighted by atomic mass is 10.0. The van der Waals surface area contributed by atoms with E-state index in [9.17, 15) is 4.79 Å². The molecule has 0 bridgehead atoms. The van der Waals surface area contributed by atoms with Crippen LogP contribution in [-0.2, 0) is 24.5 Å². The summed E-state index contributed by atoms with van der Waals surface area (Å²) in [6.45, 7) is 4.64. The molecule has 0 amide bonds. The van der Waals surface area contributed by atoms with Crippen molar-refractivity contribution in [3.63, 3.8) is 0 Å². The number of aromatic nitrogens is 2. The van der Waals surface area contributed by atoms with E-state index in [1.807, 2.05) is 30.3 Å². The lowest BCUT2D eigenvalue weighted by Crippen LogP contribution is -2.29. The van der Waals surface area contributed by atoms with Crippen LogP contribution in [0.2, 0.25) is 0 Å². The maximum absolute atomic E-state index is 12.5. The molecule has 0 aliphatic carbocycles. The van der Waals surface area contributed by atoms with Gasteiger partial charge < -0.3 is 10.5 Å². The topological polar surface area (TPSA) is 70.1 Å². The molecule has 27 heavy (non-hydrogen) atoms. The summed E-state index contributed by atoms with van der Waals surface area (Å²) in [7, 11) is 0. The molecule has 0 atom stereocenters. The predicted molar refractivity (Wildman–Crippen MR) is 111 cm³/mol. The number of halogens is 1. The van der Waals surface area contributed by atoms with Gasteiger partial charge in [0.2, 0.25) is 0 Å². The molecule has 2 aromatic carbocycles. The van der Waals surface area contributed by atoms with Crippen molar-refractivity contribution in [1.29, 1.82) is 0 Å². The zero-order valence-electron chi connectivity index (χ0n) is 15.4. The van der Waals surface area contributed by atoms with Gasteiger partial charge in [0, 0.05) is 12.1 Å². The number of hydrogen-bond donors (Lipinski definition) is 1. The first-order chi connectivity index (χ1) is 12.9. The molecule has 0 fully saturated rings. The second-order valence-electron chi connectivity index (χ2n) is 6.60. The Morgan fingerprint density at radius 3 is 2.41 bits per heavy atom. The van der Waals surface area contributed by atoms with E-state index in [0.717, 1.165) is 16.8 Å². The quantitative estimate of drug-likeness (QED) is 0.645. The van der Waals surface area contributed by atoms with Gasteiger partial charge in [0.25, 0.3) is 0 Å². The molecule has 0 unspecified atom stereocenters. The van der Waals surface area contributed by atoms with E-state index < -0.39 is 5.69 Å². The number of nitrogens with two attached hydrogens (primary N) is 1. The number of benzene rings is 2. The Labute approximate surface area is 167 Å². The van der Waals surface area contributed by atoms with Crippen molar-refractivity contribution in [3.05, 3.63) is 91.4 Å². The molecule has 0 aliphatic heterocycles. The van der Waals surface area contributed by atoms with Crippen LogP contribution in [0, 0.1) is 13.8 Å². The highest BCUT2D eigenvalue weighted by molar-refractivity contribution is 9.10. The zero-order valence-corrected chi connectivity index (χ0v) is 17.0. The van der Waals surface area contributed by atoms with Crippen molar-refractivity contribution < 1.29 is 4.74 Å². The summed E-state index contributed by atoms with van der Waals surface area (Å²) in [5.41, 5.74) is 10.8. The van der Waals surface area contributed by atoms with Crippen molar-refractivity contribution in [3.8, 4) is 0 Å². The zero-order chi connectivity index (χ0) is 19.4. The predicted octanol–water partition coefficient (Wildman–Crippen LogP) is 3.97. The molecule has 3 aromatic rings. The number of anilines is 1. The molecule has 0 radical (unpaired) electrons. The summed E-state index contributed by atoms with van der Waals surface area (Å²) < 4.78 is 7.93. The van der Waals surface area contributed by atoms with E-state index >= 15 is 0 Å². The monoisotopic (exact) mass is 427 g/mol. The Morgan fingerprint density at radius 1 is 1.07 bits per heavy atom. The number of nitrogen functional groups attached to an aromatic ring is 1. The van der Waals surface area contributed by atoms with E-state index in [4.69, 9.17) is 10.5 Å². The molecule has 1 aromatic heterocycles. The van der Waals surface area contributed by atoms with Crippen LogP contribution in [0.5, 0.6) is 0 Å². The van der Waals surface area contributed by atoms with E-state index in [-0.39, 0.29) is 12.5 Å². The standard InChI is InChI=1S/C21H22BrN3O2/c1-14-8-15(2)10-17(9-14)11-18-19(22)20(23)24-21(26)25(18)13-27-12-16-6-4-3-5-7-16/h3-10H,11-13H2,1-2H3,(H2,23,24,26). The summed E-state index contributed by atoms with van der Waals surface area (Å²) in [5, 5.41) is 0. The fraction of sp³-hybridized carbons (Fsp3) is 0.238. The lowest BCUT2D eigenvalue weighted by Gasteiger charge is -2.16. The Hall–Kier alpha value is -2.44. The molecule has 0 aliphatic rings. The summed E-state index contributed by atoms with van der Waals surface area (Å²) in [6, 6.07) is 16.2. The highest BCUT2D eigenvalue weighted by Crippen LogP contribution is 2.24. The van der Waals surface area contributed by atoms with Crippen molar-refractivity contribution in [2.75, 3.05) is 5.73 Å². The average Bonchev–Trinajstić information content (AvgIpc) is 2.62. The molecule has 1 heterocycles. The summed E-state index contributed by atoms with van der Waals surface area (Å²) in [4.78, 5) is 16.3. The molecule has 0 spiro atoms. The molecule has 2 N–H and O–H groups in total. The molecule has 5 nitrogen and oxygen atoms in total. The Balaban J connectivity index is 1.88. The normalized spacial score (nSPS) is 10.9. The van der Waals surface area contributed by atoms with Gasteiger partial charge in [0.05, 0.1) is 11.1 Å². The van der Waals surface area contributed by atoms with Gasteiger partial charge in [-0.05, 0) is 40.9 Å². The smallest absolute Gasteiger partial charge is 0.351 e. The van der Waals surface area contributed by atoms with Gasteiger partial charge in [-0.15, -0.1) is 0 Å². The van der Waals surface area contributed by atoms with E-state index in [2.05, 4.69) is 53.0 Å². The minimum absolute atomic E-state index is 0.111. The van der Waals surface area contributed by atoms with Gasteiger partial charge in [0.15, 0.2) is 0 Å². The average molecular weight is 428 g/mol. The van der Waals surface area contributed by atoms with Crippen LogP contribution in [0.4, 0.5) is 5.82 Å². The number of hydrogen-bond acceptors (Lipinski definition) is 4. The van der Waals surface area contributed by atoms with Crippen molar-refractivity contribution in [2.24, 2.45) is 0 Å². The minimum atomic E-state index is -0.414. The maximum Gasteiger partial charge on any atom is 0.351 e. The van der Waals surface area contributed by atoms with Gasteiger partial charge in [-0.1, -0.05) is 59.7 Å². The third kappa shape index (κ3) is 4.84. The SMILES string of the molecule is Cc1cc(C)cc(Cc2c(Br)c(N)nc(=O)n2COCc2ccccc2)c1. The van der Waals surface area contributed by atoms with Crippen LogP contribution in [0.25, 0.3) is 0 Å². The molecule has 3 rings (SSSR count). The number of nitrogens with zero attached hydrogens (tertiary/aromatic N) is 2. The summed E-state index contributed by atoms with van der Waals surface area (Å²) in [5.74, 6) is 0.193. The Morgan fingerprint density at radius 2 is 1.74 bits per heavy atom. The van der Waals surface area contributed by atoms with E-state index in [1.54, 1.807) is 0 Å². The van der Waals surface area contributed by atoms with Crippen molar-refractivity contribution in [2.45, 2.75) is 33.6 Å². The molecular weight excluding hydrogens is 406 g/mol. The molecule has 140 valence electrons. The van der Waals surface area contributed by atoms with E-state index in [0.29, 0.717) is 17.5 Å². The van der Waals surface area contributed by atoms with Crippen LogP contribution in [0.15, 0.2) is 57.8 Å². The van der Waals surface area contributed by atoms with Crippen LogP contribution in [0.3, 0.4) is 0 Å². The van der Waals surface area contributed by atoms with Crippen LogP contribution < -0.4 is 11.4 Å². The van der Waals surface area contributed by atoms with Gasteiger partial charge in [-0.2, -0.15) is 4.98 Å². The van der Waals surface area contributed by atoms with Crippen LogP contribution in [-0.4, -0.2) is 9.55 Å². The van der Waals surface area contributed by atoms with Gasteiger partial charge in [0.1, 0.15) is 12.5 Å². The van der Waals surface area contributed by atoms with E-state index in [1.165, 1.54) is 15.7 Å². The van der Waals surface area contributed by atoms with Crippen molar-refractivity contribution >= 4 is 21.7 Å². The second-order valence-corrected chi connectivity index (χ2v) is 7.40. The Bertz CT molecular complexity index is 980. The highest BCUT2D eigenvalue weighted by atomic mass is 79.9. The summed E-state index contributed by atoms with van der Waals surface area (Å²) in [6.07, 6.45) is 0.555. The molecular formula is C21H22BrN3O2. The largest absolute Gasteiger partial charge is 0.383 e. The van der Waals surface area contributed by atoms with Gasteiger partial charge >= 0.3 is 5.69 Å². The second kappa shape index (κ2) is 8.50. The van der Waals surface area contributed by atoms with Crippen molar-refractivity contribution in [1.82, 2.24) is 9.55 Å². The van der Waals surface area contributed by atoms with Gasteiger partial charge in [-0.3, -0.25) is 4.57 Å². The van der Waals surface area contributed by atoms with Crippen LogP contribution in [0.1, 0.15) is 27.9 Å². The highest BCUT2D eigenvalue weighted by Gasteiger charge is 2.15. The Kier molecular flexibility index (Phi) is 6.08. The number of aryl methyl sites for hydroxylation is 2. The maximum atomic E-state index is 12.5. The fourth-order valence-corrected chi connectivity index (χ4v) is 3.54. The number of ether oxygens (including phenoxy) is 1. The molecule has 0 saturated heterocycles. The van der Waals surface area contributed by atoms with Crippen LogP contribution >= 0.6 is 15.9 Å². The first-order valence-electron chi connectivity index (χ1n) is 8.67. The van der Waals surface area contributed by atoms with Gasteiger partial charge in [-0.25, -0.2) is 4.79 Å². The third-order valence-electron chi connectivity index (χ3n) is 4.24. The minimum Gasteiger partial charge on any atom is -0.383 e. The fourth-order valence-electron chi connectivity index (χ4n) is 3.09. The first kappa shape index (κ1) is 19.3. The third-order valence-corrected chi connectivity index (χ3v) is 5.10. The molecule has 0 saturated carbocycles. The first-order valence-corrected chi connectivity index (χ1v) is 9.47. The summed E-state index contributed by atoms with van der Waals surface area (Å²) >= 11 is 3.49.